The predicted octanol–water partition coefficient (Wildman–Crippen LogP) is 15.7. The van der Waals surface area contributed by atoms with Gasteiger partial charge in [0.05, 0.1) is 22.2 Å². The third kappa shape index (κ3) is 6.55. The van der Waals surface area contributed by atoms with Crippen LogP contribution in [-0.2, 0) is 5.41 Å². The van der Waals surface area contributed by atoms with Crippen LogP contribution in [0.3, 0.4) is 0 Å². The maximum atomic E-state index is 6.68. The highest BCUT2D eigenvalue weighted by Gasteiger charge is 2.19. The average molecular weight is 801 g/mol. The van der Waals surface area contributed by atoms with Crippen LogP contribution in [0.4, 0.5) is 11.4 Å². The average Bonchev–Trinajstić information content (AvgIpc) is 3.65. The van der Waals surface area contributed by atoms with Crippen molar-refractivity contribution in [2.75, 3.05) is 5.32 Å². The Morgan fingerprint density at radius 3 is 2.02 bits per heavy atom. The number of nitrogens with zero attached hydrogens (tertiary/aromatic N) is 2. The highest BCUT2D eigenvalue weighted by Crippen LogP contribution is 2.40. The van der Waals surface area contributed by atoms with Gasteiger partial charge in [-0.1, -0.05) is 148 Å². The fourth-order valence-electron chi connectivity index (χ4n) is 9.04. The summed E-state index contributed by atoms with van der Waals surface area (Å²) in [6.45, 7) is 6.70. The molecule has 3 aromatic heterocycles. The Morgan fingerprint density at radius 1 is 0.516 bits per heavy atom. The van der Waals surface area contributed by atoms with Crippen molar-refractivity contribution in [3.63, 3.8) is 0 Å². The van der Waals surface area contributed by atoms with E-state index >= 15 is 0 Å². The quantitative estimate of drug-likeness (QED) is 0.176. The number of pyridine rings is 1. The lowest BCUT2D eigenvalue weighted by molar-refractivity contribution is 0.483. The van der Waals surface area contributed by atoms with Gasteiger partial charge in [-0.3, -0.25) is 4.57 Å². The van der Waals surface area contributed by atoms with Crippen molar-refractivity contribution >= 4 is 76.5 Å². The van der Waals surface area contributed by atoms with Crippen molar-refractivity contribution in [1.82, 2.24) is 14.5 Å². The van der Waals surface area contributed by atoms with Gasteiger partial charge >= 0.3 is 0 Å². The number of aromatic amines is 1. The van der Waals surface area contributed by atoms with Crippen LogP contribution in [0.5, 0.6) is 11.5 Å². The zero-order valence-corrected chi connectivity index (χ0v) is 34.9. The number of benzene rings is 8. The Bertz CT molecular complexity index is 3570. The summed E-state index contributed by atoms with van der Waals surface area (Å²) in [6, 6.07) is 68.6. The third-order valence-electron chi connectivity index (χ3n) is 12.0. The van der Waals surface area contributed by atoms with Crippen LogP contribution >= 0.6 is 0 Å². The normalized spacial score (nSPS) is 11.8. The summed E-state index contributed by atoms with van der Waals surface area (Å²) in [5, 5.41) is 13.1. The molecule has 2 N–H and O–H groups in total. The molecule has 0 saturated carbocycles. The van der Waals surface area contributed by atoms with Crippen molar-refractivity contribution in [3.8, 4) is 28.4 Å². The molecule has 0 aliphatic rings. The molecule has 298 valence electrons. The van der Waals surface area contributed by atoms with E-state index in [4.69, 9.17) is 9.72 Å². The number of hydrogen-bond acceptors (Lipinski definition) is 3. The van der Waals surface area contributed by atoms with Crippen LogP contribution < -0.4 is 10.1 Å². The van der Waals surface area contributed by atoms with E-state index in [2.05, 4.69) is 218 Å². The molecule has 0 aliphatic heterocycles. The molecule has 11 rings (SSSR count). The number of ether oxygens (including phenoxy) is 1. The van der Waals surface area contributed by atoms with Crippen LogP contribution in [-0.4, -0.2) is 14.5 Å². The topological polar surface area (TPSA) is 54.9 Å². The van der Waals surface area contributed by atoms with Gasteiger partial charge in [-0.2, -0.15) is 0 Å². The molecule has 0 saturated heterocycles. The summed E-state index contributed by atoms with van der Waals surface area (Å²) in [4.78, 5) is 8.81. The molecule has 11 aromatic rings. The van der Waals surface area contributed by atoms with E-state index in [1.165, 1.54) is 38.2 Å². The molecule has 0 aliphatic carbocycles. The van der Waals surface area contributed by atoms with Crippen LogP contribution in [0.15, 0.2) is 200 Å². The fourth-order valence-corrected chi connectivity index (χ4v) is 9.04. The van der Waals surface area contributed by atoms with Gasteiger partial charge in [0.15, 0.2) is 0 Å². The number of fused-ring (bicyclic) bond motifs is 10. The van der Waals surface area contributed by atoms with E-state index in [0.717, 1.165) is 72.3 Å². The van der Waals surface area contributed by atoms with Crippen molar-refractivity contribution < 1.29 is 4.74 Å². The van der Waals surface area contributed by atoms with Crippen molar-refractivity contribution in [2.24, 2.45) is 0 Å². The molecular weight excluding hydrogens is 757 g/mol. The van der Waals surface area contributed by atoms with Gasteiger partial charge in [-0.05, 0) is 98.2 Å². The summed E-state index contributed by atoms with van der Waals surface area (Å²) in [5.74, 6) is 2.36. The highest BCUT2D eigenvalue weighted by molar-refractivity contribution is 6.23. The maximum Gasteiger partial charge on any atom is 0.137 e. The van der Waals surface area contributed by atoms with Gasteiger partial charge < -0.3 is 15.0 Å². The van der Waals surface area contributed by atoms with Crippen LogP contribution in [0.2, 0.25) is 0 Å². The molecule has 0 amide bonds. The first-order valence-electron chi connectivity index (χ1n) is 21.2. The van der Waals surface area contributed by atoms with Gasteiger partial charge in [0.2, 0.25) is 0 Å². The fraction of sp³-hybridized carbons (Fsp3) is 0.0702. The Labute approximate surface area is 360 Å². The van der Waals surface area contributed by atoms with E-state index in [0.29, 0.717) is 0 Å². The van der Waals surface area contributed by atoms with E-state index < -0.39 is 0 Å². The molecule has 8 aromatic carbocycles. The molecule has 0 spiro atoms. The minimum absolute atomic E-state index is 0.00978. The van der Waals surface area contributed by atoms with E-state index in [-0.39, 0.29) is 5.41 Å². The maximum absolute atomic E-state index is 6.68. The van der Waals surface area contributed by atoms with E-state index in [1.54, 1.807) is 0 Å². The summed E-state index contributed by atoms with van der Waals surface area (Å²) < 4.78 is 8.93. The van der Waals surface area contributed by atoms with Gasteiger partial charge in [0.1, 0.15) is 17.3 Å². The first-order valence-corrected chi connectivity index (χ1v) is 21.2. The molecule has 3 heterocycles. The second-order valence-corrected chi connectivity index (χ2v) is 17.0. The summed E-state index contributed by atoms with van der Waals surface area (Å²) in [6.07, 6.45) is 1.91. The summed E-state index contributed by atoms with van der Waals surface area (Å²) >= 11 is 0. The highest BCUT2D eigenvalue weighted by atomic mass is 16.5. The molecule has 62 heavy (non-hydrogen) atoms. The first-order chi connectivity index (χ1) is 30.4. The number of hydrogen-bond donors (Lipinski definition) is 2. The van der Waals surface area contributed by atoms with E-state index in [1.807, 2.05) is 18.3 Å². The van der Waals surface area contributed by atoms with Crippen LogP contribution in [0, 0.1) is 0 Å². The molecule has 5 heteroatoms. The third-order valence-corrected chi connectivity index (χ3v) is 12.0. The summed E-state index contributed by atoms with van der Waals surface area (Å²) in [5.41, 5.74) is 9.64. The van der Waals surface area contributed by atoms with E-state index in [9.17, 15) is 0 Å². The van der Waals surface area contributed by atoms with Gasteiger partial charge in [-0.25, -0.2) is 4.98 Å². The Balaban J connectivity index is 1.03. The Morgan fingerprint density at radius 2 is 1.18 bits per heavy atom. The first kappa shape index (κ1) is 37.1. The standard InChI is InChI=1S/C57H44N4O/c1-57(2,3)38-32-33-58-54(34-38)61-52-29-12-10-22-45(52)46-31-30-41(36-53(46)61)62-40-19-13-18-39(35-40)59-51-28-15-26-48-44-21-8-7-20-43(44)47-25-14-24-42(37-16-5-4-6-17-37)55(47)49-23-9-11-27-50(49)60-56(48)51/h4-36,59-60H,1-3H3. The lowest BCUT2D eigenvalue weighted by atomic mass is 9.88. The number of nitrogens with one attached hydrogen (secondary N) is 2. The Hall–Kier alpha value is -7.89. The predicted molar refractivity (Wildman–Crippen MR) is 261 cm³/mol. The molecule has 5 nitrogen and oxygen atoms in total. The minimum Gasteiger partial charge on any atom is -0.457 e. The van der Waals surface area contributed by atoms with Gasteiger partial charge in [0, 0.05) is 51.1 Å². The van der Waals surface area contributed by atoms with Crippen molar-refractivity contribution in [3.05, 3.63) is 206 Å². The zero-order chi connectivity index (χ0) is 41.8. The smallest absolute Gasteiger partial charge is 0.137 e. The van der Waals surface area contributed by atoms with Crippen molar-refractivity contribution in [1.29, 1.82) is 0 Å². The monoisotopic (exact) mass is 800 g/mol. The number of H-pyrrole nitrogens is 1. The second-order valence-electron chi connectivity index (χ2n) is 17.0. The van der Waals surface area contributed by atoms with Crippen LogP contribution in [0.1, 0.15) is 26.3 Å². The van der Waals surface area contributed by atoms with Crippen LogP contribution in [0.25, 0.3) is 82.1 Å². The SMILES string of the molecule is CC(C)(C)c1ccnc(-n2c3ccccc3c3ccc(Oc4cccc(Nc5cccc6c5[nH]c5ccccc5c5c(-c7ccccc7)cccc5c5ccccc65)c4)cc32)c1. The molecule has 0 unspecified atom stereocenters. The van der Waals surface area contributed by atoms with Gasteiger partial charge in [0.25, 0.3) is 0 Å². The number of anilines is 2. The molecular formula is C57H44N4O. The second kappa shape index (κ2) is 15.0. The number of rotatable bonds is 6. The lowest BCUT2D eigenvalue weighted by Gasteiger charge is -2.20. The lowest BCUT2D eigenvalue weighted by Crippen LogP contribution is -2.12. The molecule has 0 bridgehead atoms. The van der Waals surface area contributed by atoms with Gasteiger partial charge in [-0.15, -0.1) is 0 Å². The largest absolute Gasteiger partial charge is 0.457 e. The summed E-state index contributed by atoms with van der Waals surface area (Å²) in [7, 11) is 0. The van der Waals surface area contributed by atoms with Crippen molar-refractivity contribution in [2.45, 2.75) is 26.2 Å². The molecule has 0 radical (unpaired) electrons. The number of aromatic nitrogens is 3. The Kier molecular flexibility index (Phi) is 8.97. The molecule has 0 atom stereocenters. The molecule has 0 fully saturated rings. The zero-order valence-electron chi connectivity index (χ0n) is 34.9. The number of para-hydroxylation sites is 3. The minimum atomic E-state index is -0.00978.